The van der Waals surface area contributed by atoms with Crippen molar-refractivity contribution in [2.24, 2.45) is 0 Å². The molecule has 3 aromatic rings. The van der Waals surface area contributed by atoms with E-state index in [1.54, 1.807) is 67.7 Å². The van der Waals surface area contributed by atoms with Gasteiger partial charge >= 0.3 is 0 Å². The number of furan rings is 1. The molecule has 0 aliphatic carbocycles. The fourth-order valence-corrected chi connectivity index (χ4v) is 3.12. The summed E-state index contributed by atoms with van der Waals surface area (Å²) in [5, 5.41) is 8.68. The molecule has 33 heavy (non-hydrogen) atoms. The molecule has 0 atom stereocenters. The summed E-state index contributed by atoms with van der Waals surface area (Å²) < 4.78 is 5.21. The lowest BCUT2D eigenvalue weighted by Gasteiger charge is -2.11. The summed E-state index contributed by atoms with van der Waals surface area (Å²) in [4.78, 5) is 38.1. The summed E-state index contributed by atoms with van der Waals surface area (Å²) in [6.45, 7) is 0.342. The van der Waals surface area contributed by atoms with Crippen LogP contribution in [-0.2, 0) is 22.6 Å². The Morgan fingerprint density at radius 3 is 2.48 bits per heavy atom. The molecule has 3 N–H and O–H groups in total. The minimum absolute atomic E-state index is 0.0425. The molecule has 0 bridgehead atoms. The second-order valence-electron chi connectivity index (χ2n) is 7.73. The van der Waals surface area contributed by atoms with Crippen LogP contribution in [0.25, 0.3) is 0 Å². The Morgan fingerprint density at radius 1 is 0.939 bits per heavy atom. The number of nitrogens with one attached hydrogen (secondary N) is 3. The Bertz CT molecular complexity index is 1090. The van der Waals surface area contributed by atoms with Crippen LogP contribution in [0.3, 0.4) is 0 Å². The number of hydrogen-bond acceptors (Lipinski definition) is 5. The fraction of sp³-hybridized carbons (Fsp3) is 0.240. The van der Waals surface area contributed by atoms with E-state index in [0.29, 0.717) is 42.1 Å². The first-order chi connectivity index (χ1) is 15.9. The standard InChI is InChI=1S/C25H28N4O4/c1-29(2)24(31)12-11-18-6-3-9-21(14-18)28-23(30)17-26-20-8-4-7-19(15-20)25(32)27-16-22-10-5-13-33-22/h3-10,13-15,26H,11-12,16-17H2,1-2H3,(H,27,32)(H,28,30). The van der Waals surface area contributed by atoms with Gasteiger partial charge < -0.3 is 25.3 Å². The maximum absolute atomic E-state index is 12.4. The lowest BCUT2D eigenvalue weighted by atomic mass is 10.1. The van der Waals surface area contributed by atoms with E-state index in [1.807, 2.05) is 18.2 Å². The number of benzene rings is 2. The van der Waals surface area contributed by atoms with Gasteiger partial charge in [-0.15, -0.1) is 0 Å². The lowest BCUT2D eigenvalue weighted by molar-refractivity contribution is -0.128. The van der Waals surface area contributed by atoms with Crippen molar-refractivity contribution in [2.75, 3.05) is 31.3 Å². The number of aryl methyl sites for hydroxylation is 1. The topological polar surface area (TPSA) is 104 Å². The molecule has 0 spiro atoms. The van der Waals surface area contributed by atoms with Crippen LogP contribution in [0.15, 0.2) is 71.3 Å². The van der Waals surface area contributed by atoms with Gasteiger partial charge in [0.1, 0.15) is 5.76 Å². The normalized spacial score (nSPS) is 10.4. The molecule has 0 radical (unpaired) electrons. The van der Waals surface area contributed by atoms with Gasteiger partial charge in [0.2, 0.25) is 11.8 Å². The van der Waals surface area contributed by atoms with Gasteiger partial charge in [0.15, 0.2) is 0 Å². The van der Waals surface area contributed by atoms with Crippen molar-refractivity contribution in [1.82, 2.24) is 10.2 Å². The fourth-order valence-electron chi connectivity index (χ4n) is 3.12. The highest BCUT2D eigenvalue weighted by Gasteiger charge is 2.09. The summed E-state index contributed by atoms with van der Waals surface area (Å²) in [5.41, 5.74) is 2.78. The molecule has 8 nitrogen and oxygen atoms in total. The molecule has 3 rings (SSSR count). The van der Waals surface area contributed by atoms with Gasteiger partial charge in [0, 0.05) is 37.5 Å². The number of rotatable bonds is 10. The molecule has 172 valence electrons. The zero-order chi connectivity index (χ0) is 23.6. The SMILES string of the molecule is CN(C)C(=O)CCc1cccc(NC(=O)CNc2cccc(C(=O)NCc3ccco3)c2)c1. The van der Waals surface area contributed by atoms with Crippen LogP contribution in [0.2, 0.25) is 0 Å². The summed E-state index contributed by atoms with van der Waals surface area (Å²) in [6, 6.07) is 17.9. The highest BCUT2D eigenvalue weighted by Crippen LogP contribution is 2.14. The van der Waals surface area contributed by atoms with E-state index in [4.69, 9.17) is 4.42 Å². The van der Waals surface area contributed by atoms with Gasteiger partial charge in [-0.25, -0.2) is 0 Å². The van der Waals surface area contributed by atoms with Crippen molar-refractivity contribution in [3.63, 3.8) is 0 Å². The van der Waals surface area contributed by atoms with E-state index in [0.717, 1.165) is 5.56 Å². The highest BCUT2D eigenvalue weighted by atomic mass is 16.3. The molecule has 8 heteroatoms. The number of carbonyl (C=O) groups is 3. The predicted molar refractivity (Wildman–Crippen MR) is 127 cm³/mol. The van der Waals surface area contributed by atoms with Crippen LogP contribution < -0.4 is 16.0 Å². The minimum atomic E-state index is -0.232. The minimum Gasteiger partial charge on any atom is -0.467 e. The van der Waals surface area contributed by atoms with Gasteiger partial charge in [0.25, 0.3) is 5.91 Å². The van der Waals surface area contributed by atoms with E-state index in [2.05, 4.69) is 16.0 Å². The summed E-state index contributed by atoms with van der Waals surface area (Å²) in [6.07, 6.45) is 2.57. The predicted octanol–water partition coefficient (Wildman–Crippen LogP) is 3.28. The van der Waals surface area contributed by atoms with Gasteiger partial charge in [-0.05, 0) is 54.4 Å². The zero-order valence-electron chi connectivity index (χ0n) is 18.8. The van der Waals surface area contributed by atoms with Crippen molar-refractivity contribution in [1.29, 1.82) is 0 Å². The smallest absolute Gasteiger partial charge is 0.251 e. The third-order valence-electron chi connectivity index (χ3n) is 4.92. The second kappa shape index (κ2) is 11.5. The molecule has 1 aromatic heterocycles. The van der Waals surface area contributed by atoms with Crippen molar-refractivity contribution in [3.8, 4) is 0 Å². The van der Waals surface area contributed by atoms with Crippen molar-refractivity contribution in [2.45, 2.75) is 19.4 Å². The average Bonchev–Trinajstić information content (AvgIpc) is 3.34. The molecule has 3 amide bonds. The van der Waals surface area contributed by atoms with Crippen molar-refractivity contribution < 1.29 is 18.8 Å². The van der Waals surface area contributed by atoms with Crippen LogP contribution in [0, 0.1) is 0 Å². The van der Waals surface area contributed by atoms with Gasteiger partial charge in [-0.1, -0.05) is 18.2 Å². The molecular weight excluding hydrogens is 420 g/mol. The third kappa shape index (κ3) is 7.53. The highest BCUT2D eigenvalue weighted by molar-refractivity contribution is 5.96. The maximum Gasteiger partial charge on any atom is 0.251 e. The van der Waals surface area contributed by atoms with Crippen molar-refractivity contribution >= 4 is 29.1 Å². The molecule has 0 saturated carbocycles. The number of amides is 3. The maximum atomic E-state index is 12.4. The number of anilines is 2. The Hall–Kier alpha value is -4.07. The van der Waals surface area contributed by atoms with E-state index in [-0.39, 0.29) is 24.3 Å². The quantitative estimate of drug-likeness (QED) is 0.442. The number of hydrogen-bond donors (Lipinski definition) is 3. The summed E-state index contributed by atoms with van der Waals surface area (Å²) >= 11 is 0. The van der Waals surface area contributed by atoms with E-state index >= 15 is 0 Å². The van der Waals surface area contributed by atoms with Crippen LogP contribution in [-0.4, -0.2) is 43.3 Å². The number of nitrogens with zero attached hydrogens (tertiary/aromatic N) is 1. The molecule has 0 aliphatic rings. The summed E-state index contributed by atoms with van der Waals surface area (Å²) in [5.74, 6) is 0.279. The Labute approximate surface area is 193 Å². The van der Waals surface area contributed by atoms with E-state index < -0.39 is 0 Å². The van der Waals surface area contributed by atoms with Crippen LogP contribution >= 0.6 is 0 Å². The number of carbonyl (C=O) groups excluding carboxylic acids is 3. The molecular formula is C25H28N4O4. The second-order valence-corrected chi connectivity index (χ2v) is 7.73. The lowest BCUT2D eigenvalue weighted by Crippen LogP contribution is -2.23. The van der Waals surface area contributed by atoms with Gasteiger partial charge in [-0.3, -0.25) is 14.4 Å². The first-order valence-electron chi connectivity index (χ1n) is 10.6. The largest absolute Gasteiger partial charge is 0.467 e. The Kier molecular flexibility index (Phi) is 8.24. The average molecular weight is 449 g/mol. The molecule has 0 fully saturated rings. The van der Waals surface area contributed by atoms with Crippen molar-refractivity contribution in [3.05, 3.63) is 83.8 Å². The van der Waals surface area contributed by atoms with E-state index in [1.165, 1.54) is 0 Å². The monoisotopic (exact) mass is 448 g/mol. The molecule has 0 unspecified atom stereocenters. The Morgan fingerprint density at radius 2 is 1.73 bits per heavy atom. The van der Waals surface area contributed by atoms with Crippen LogP contribution in [0.1, 0.15) is 28.1 Å². The van der Waals surface area contributed by atoms with E-state index in [9.17, 15) is 14.4 Å². The van der Waals surface area contributed by atoms with Gasteiger partial charge in [0.05, 0.1) is 19.4 Å². The molecule has 2 aromatic carbocycles. The summed E-state index contributed by atoms with van der Waals surface area (Å²) in [7, 11) is 3.46. The van der Waals surface area contributed by atoms with Gasteiger partial charge in [-0.2, -0.15) is 0 Å². The van der Waals surface area contributed by atoms with Crippen LogP contribution in [0.4, 0.5) is 11.4 Å². The molecule has 0 aliphatic heterocycles. The van der Waals surface area contributed by atoms with Crippen LogP contribution in [0.5, 0.6) is 0 Å². The molecule has 0 saturated heterocycles. The zero-order valence-corrected chi connectivity index (χ0v) is 18.8. The first kappa shape index (κ1) is 23.6. The molecule has 1 heterocycles. The first-order valence-corrected chi connectivity index (χ1v) is 10.6. The Balaban J connectivity index is 1.48. The third-order valence-corrected chi connectivity index (χ3v) is 4.92.